The summed E-state index contributed by atoms with van der Waals surface area (Å²) in [6.07, 6.45) is -19.0. The number of hydrogen-bond donors (Lipinski definition) is 0. The average Bonchev–Trinajstić information content (AvgIpc) is 2.89. The van der Waals surface area contributed by atoms with Gasteiger partial charge in [0.25, 0.3) is 11.8 Å². The number of carbonyl (C=O) groups excluding carboxylic acids is 2. The zero-order chi connectivity index (χ0) is 31.1. The van der Waals surface area contributed by atoms with E-state index in [1.165, 1.54) is 31.3 Å². The maximum absolute atomic E-state index is 14.4. The molecule has 0 aliphatic rings. The maximum Gasteiger partial charge on any atom is 0.435 e. The molecule has 0 aromatic heterocycles. The molecule has 0 unspecified atom stereocenters. The van der Waals surface area contributed by atoms with Gasteiger partial charge in [-0.3, -0.25) is 9.59 Å². The predicted octanol–water partition coefficient (Wildman–Crippen LogP) is 8.37. The number of halogens is 12. The molecule has 3 aromatic carbocycles. The van der Waals surface area contributed by atoms with E-state index in [2.05, 4.69) is 16.1 Å². The Hall–Kier alpha value is -3.69. The summed E-state index contributed by atoms with van der Waals surface area (Å²) >= 11 is 2.55. The van der Waals surface area contributed by atoms with Gasteiger partial charge < -0.3 is 4.90 Å². The van der Waals surface area contributed by atoms with Crippen molar-refractivity contribution in [1.82, 2.24) is 0 Å². The molecule has 0 N–H and O–H groups in total. The van der Waals surface area contributed by atoms with Gasteiger partial charge in [-0.15, -0.1) is 0 Å². The fraction of sp³-hybridized carbons (Fsp3) is 0.200. The van der Waals surface area contributed by atoms with Crippen molar-refractivity contribution in [3.05, 3.63) is 94.8 Å². The first-order valence-electron chi connectivity index (χ1n) is 10.9. The summed E-state index contributed by atoms with van der Waals surface area (Å²) in [5.74, 6) is -2.57. The van der Waals surface area contributed by atoms with Crippen molar-refractivity contribution in [2.24, 2.45) is 0 Å². The second-order valence-electron chi connectivity index (χ2n) is 8.39. The van der Waals surface area contributed by atoms with Crippen LogP contribution < -0.4 is 8.83 Å². The predicted molar refractivity (Wildman–Crippen MR) is 128 cm³/mol. The fourth-order valence-corrected chi connectivity index (χ4v) is 4.12. The quantitative estimate of drug-likeness (QED) is 0.204. The summed E-state index contributed by atoms with van der Waals surface area (Å²) in [6, 6.07) is 8.33. The third-order valence-electron chi connectivity index (χ3n) is 5.75. The summed E-state index contributed by atoms with van der Waals surface area (Å²) in [7, 11) is 1.27. The third kappa shape index (κ3) is 6.16. The van der Waals surface area contributed by atoms with Crippen LogP contribution in [0.5, 0.6) is 0 Å². The molecule has 0 spiro atoms. The molecule has 0 saturated carbocycles. The molecule has 0 heterocycles. The Bertz CT molecular complexity index is 1440. The van der Waals surface area contributed by atoms with Gasteiger partial charge in [0.2, 0.25) is 0 Å². The van der Waals surface area contributed by atoms with E-state index in [-0.39, 0.29) is 32.9 Å². The highest BCUT2D eigenvalue weighted by molar-refractivity contribution is 9.10. The Morgan fingerprint density at radius 3 is 1.78 bits per heavy atom. The topological polar surface area (TPSA) is 40.6 Å². The molecule has 16 heteroatoms. The highest BCUT2D eigenvalue weighted by atomic mass is 79.9. The first-order valence-corrected chi connectivity index (χ1v) is 11.6. The summed E-state index contributed by atoms with van der Waals surface area (Å²) < 4.78 is 148. The van der Waals surface area contributed by atoms with Crippen LogP contribution in [0.15, 0.2) is 66.7 Å². The summed E-state index contributed by atoms with van der Waals surface area (Å²) in [6.45, 7) is 0. The van der Waals surface area contributed by atoms with Crippen LogP contribution in [-0.2, 0) is 11.8 Å². The highest BCUT2D eigenvalue weighted by Gasteiger charge is 2.73. The van der Waals surface area contributed by atoms with Gasteiger partial charge in [-0.2, -0.15) is 39.5 Å². The molecule has 0 aliphatic carbocycles. The highest BCUT2D eigenvalue weighted by Crippen LogP contribution is 2.54. The zero-order valence-corrected chi connectivity index (χ0v) is 21.7. The summed E-state index contributed by atoms with van der Waals surface area (Å²) in [4.78, 5) is 26.7. The van der Waals surface area contributed by atoms with Crippen molar-refractivity contribution in [2.75, 3.05) is 15.9 Å². The monoisotopic (exact) mass is 662 g/mol. The van der Waals surface area contributed by atoms with Crippen molar-refractivity contribution in [3.63, 3.8) is 0 Å². The molecular weight excluding hydrogens is 649 g/mol. The van der Waals surface area contributed by atoms with E-state index in [1.807, 2.05) is 0 Å². The minimum Gasteiger partial charge on any atom is -0.311 e. The van der Waals surface area contributed by atoms with Crippen molar-refractivity contribution >= 4 is 39.3 Å². The second kappa shape index (κ2) is 10.9. The van der Waals surface area contributed by atoms with Gasteiger partial charge in [0.05, 0.1) is 27.4 Å². The number of rotatable bonds is 5. The van der Waals surface area contributed by atoms with Crippen molar-refractivity contribution < 1.29 is 57.9 Å². The van der Waals surface area contributed by atoms with Gasteiger partial charge in [-0.05, 0) is 54.6 Å². The lowest BCUT2D eigenvalue weighted by atomic mass is 9.92. The first kappa shape index (κ1) is 31.8. The Balaban J connectivity index is 2.02. The number of benzene rings is 3. The lowest BCUT2D eigenvalue weighted by molar-refractivity contribution is -0.348. The number of nitrogens with zero attached hydrogens (tertiary/aromatic N) is 2. The molecule has 41 heavy (non-hydrogen) atoms. The van der Waals surface area contributed by atoms with Crippen LogP contribution in [0.2, 0.25) is 0 Å². The summed E-state index contributed by atoms with van der Waals surface area (Å²) in [5.41, 5.74) is -12.3. The molecule has 3 aromatic rings. The molecule has 0 saturated heterocycles. The molecular formula is C25H14BrF11N2O2. The van der Waals surface area contributed by atoms with E-state index in [0.29, 0.717) is 0 Å². The van der Waals surface area contributed by atoms with Gasteiger partial charge in [-0.25, -0.2) is 12.7 Å². The molecule has 4 nitrogen and oxygen atoms in total. The van der Waals surface area contributed by atoms with Crippen LogP contribution in [0.3, 0.4) is 0 Å². The molecule has 2 amide bonds. The third-order valence-corrected chi connectivity index (χ3v) is 6.45. The van der Waals surface area contributed by atoms with E-state index in [1.54, 1.807) is 0 Å². The van der Waals surface area contributed by atoms with E-state index in [0.717, 1.165) is 29.2 Å². The van der Waals surface area contributed by atoms with E-state index in [9.17, 15) is 57.9 Å². The second-order valence-corrected chi connectivity index (χ2v) is 9.10. The van der Waals surface area contributed by atoms with Crippen molar-refractivity contribution in [3.8, 4) is 0 Å². The van der Waals surface area contributed by atoms with Crippen LogP contribution in [0.4, 0.5) is 59.7 Å². The Kier molecular flexibility index (Phi) is 8.50. The van der Waals surface area contributed by atoms with Crippen LogP contribution in [0, 0.1) is 5.82 Å². The fourth-order valence-electron chi connectivity index (χ4n) is 3.61. The average molecular weight is 663 g/mol. The van der Waals surface area contributed by atoms with Gasteiger partial charge >= 0.3 is 24.2 Å². The number of hydrogen-bond acceptors (Lipinski definition) is 2. The maximum atomic E-state index is 14.4. The Labute approximate surface area is 232 Å². The Morgan fingerprint density at radius 1 is 0.707 bits per heavy atom. The van der Waals surface area contributed by atoms with Crippen LogP contribution in [0.25, 0.3) is 0 Å². The van der Waals surface area contributed by atoms with Crippen molar-refractivity contribution in [2.45, 2.75) is 24.2 Å². The molecule has 3 rings (SSSR count). The lowest BCUT2D eigenvalue weighted by Crippen LogP contribution is -2.50. The van der Waals surface area contributed by atoms with Gasteiger partial charge in [0.1, 0.15) is 5.82 Å². The molecule has 220 valence electrons. The number of amides is 2. The van der Waals surface area contributed by atoms with Crippen LogP contribution >= 0.6 is 16.1 Å². The van der Waals surface area contributed by atoms with Gasteiger partial charge in [0.15, 0.2) is 0 Å². The normalized spacial score (nSPS) is 12.7. The number of alkyl halides is 10. The van der Waals surface area contributed by atoms with Gasteiger partial charge in [-0.1, -0.05) is 12.1 Å². The minimum absolute atomic E-state index is 0.0371. The van der Waals surface area contributed by atoms with E-state index in [4.69, 9.17) is 0 Å². The van der Waals surface area contributed by atoms with Crippen molar-refractivity contribution in [1.29, 1.82) is 0 Å². The first-order chi connectivity index (χ1) is 18.7. The number of anilines is 2. The molecule has 0 radical (unpaired) electrons. The molecule has 0 fully saturated rings. The summed E-state index contributed by atoms with van der Waals surface area (Å²) in [5, 5.41) is 0. The standard InChI is InChI=1S/C25H14BrF11N2O2/c1-38(20(40)13-5-8-16(27)9-6-13)17-4-2-3-14(11-17)21(41)39(26)19-10-7-15(12-18(19)23(29,30)31)22(28,24(32,33)34)25(35,36)37/h2-12H,1H3. The Morgan fingerprint density at radius 2 is 1.27 bits per heavy atom. The smallest absolute Gasteiger partial charge is 0.311 e. The van der Waals surface area contributed by atoms with Crippen LogP contribution in [-0.4, -0.2) is 31.2 Å². The van der Waals surface area contributed by atoms with Crippen LogP contribution in [0.1, 0.15) is 31.8 Å². The van der Waals surface area contributed by atoms with Gasteiger partial charge in [0, 0.05) is 29.4 Å². The zero-order valence-electron chi connectivity index (χ0n) is 20.1. The van der Waals surface area contributed by atoms with E-state index < -0.39 is 64.7 Å². The largest absolute Gasteiger partial charge is 0.435 e. The minimum atomic E-state index is -6.67. The number of carbonyl (C=O) groups is 2. The van der Waals surface area contributed by atoms with E-state index >= 15 is 0 Å². The molecule has 0 aliphatic heterocycles. The molecule has 0 atom stereocenters. The molecule has 0 bridgehead atoms. The lowest BCUT2D eigenvalue weighted by Gasteiger charge is -2.31. The SMILES string of the molecule is CN(C(=O)c1ccc(F)cc1)c1cccc(C(=O)N(Br)c2ccc(C(F)(C(F)(F)F)C(F)(F)F)cc2C(F)(F)F)c1.